The van der Waals surface area contributed by atoms with Crippen molar-refractivity contribution in [3.63, 3.8) is 0 Å². The normalized spacial score (nSPS) is 16.7. The fourth-order valence-electron chi connectivity index (χ4n) is 3.03. The van der Waals surface area contributed by atoms with Crippen molar-refractivity contribution in [3.05, 3.63) is 71.0 Å². The van der Waals surface area contributed by atoms with E-state index in [0.29, 0.717) is 6.04 Å². The lowest BCUT2D eigenvalue weighted by Gasteiger charge is -2.33. The van der Waals surface area contributed by atoms with Gasteiger partial charge in [-0.2, -0.15) is 0 Å². The van der Waals surface area contributed by atoms with E-state index in [1.807, 2.05) is 6.07 Å². The van der Waals surface area contributed by atoms with Crippen LogP contribution >= 0.6 is 0 Å². The Balaban J connectivity index is 1.68. The molecule has 0 spiro atoms. The van der Waals surface area contributed by atoms with Gasteiger partial charge in [-0.15, -0.1) is 0 Å². The Morgan fingerprint density at radius 3 is 2.70 bits per heavy atom. The van der Waals surface area contributed by atoms with Crippen LogP contribution in [0.1, 0.15) is 23.6 Å². The van der Waals surface area contributed by atoms with Crippen LogP contribution in [0.3, 0.4) is 0 Å². The standard InChI is InChI=1S/C18H20FN/c1-14(11-15-5-4-8-18(19)12-15)20-10-9-16-6-2-3-7-17(16)13-20/h2-8,12,14H,9-11,13H2,1H3. The van der Waals surface area contributed by atoms with Crippen LogP contribution < -0.4 is 0 Å². The Hall–Kier alpha value is -1.67. The monoisotopic (exact) mass is 269 g/mol. The van der Waals surface area contributed by atoms with E-state index in [0.717, 1.165) is 31.5 Å². The molecule has 1 aliphatic heterocycles. The van der Waals surface area contributed by atoms with Crippen LogP contribution in [-0.4, -0.2) is 17.5 Å². The van der Waals surface area contributed by atoms with Crippen LogP contribution in [0.2, 0.25) is 0 Å². The highest BCUT2D eigenvalue weighted by molar-refractivity contribution is 5.29. The van der Waals surface area contributed by atoms with E-state index < -0.39 is 0 Å². The lowest BCUT2D eigenvalue weighted by molar-refractivity contribution is 0.189. The zero-order chi connectivity index (χ0) is 13.9. The molecule has 0 amide bonds. The highest BCUT2D eigenvalue weighted by Gasteiger charge is 2.20. The first-order valence-corrected chi connectivity index (χ1v) is 7.27. The molecule has 1 heterocycles. The zero-order valence-corrected chi connectivity index (χ0v) is 11.8. The lowest BCUT2D eigenvalue weighted by atomic mass is 9.97. The summed E-state index contributed by atoms with van der Waals surface area (Å²) in [6.07, 6.45) is 2.02. The second-order valence-corrected chi connectivity index (χ2v) is 5.67. The summed E-state index contributed by atoms with van der Waals surface area (Å²) in [5, 5.41) is 0. The Morgan fingerprint density at radius 2 is 1.90 bits per heavy atom. The number of nitrogens with zero attached hydrogens (tertiary/aromatic N) is 1. The minimum atomic E-state index is -0.140. The Morgan fingerprint density at radius 1 is 1.10 bits per heavy atom. The van der Waals surface area contributed by atoms with E-state index in [1.165, 1.54) is 17.2 Å². The van der Waals surface area contributed by atoms with Gasteiger partial charge in [0.2, 0.25) is 0 Å². The molecule has 3 rings (SSSR count). The minimum Gasteiger partial charge on any atom is -0.296 e. The quantitative estimate of drug-likeness (QED) is 0.819. The molecule has 0 saturated heterocycles. The van der Waals surface area contributed by atoms with E-state index >= 15 is 0 Å². The molecule has 20 heavy (non-hydrogen) atoms. The average molecular weight is 269 g/mol. The Labute approximate surface area is 120 Å². The SMILES string of the molecule is CC(Cc1cccc(F)c1)N1CCc2ccccc2C1. The zero-order valence-electron chi connectivity index (χ0n) is 11.8. The molecular weight excluding hydrogens is 249 g/mol. The highest BCUT2D eigenvalue weighted by Crippen LogP contribution is 2.21. The highest BCUT2D eigenvalue weighted by atomic mass is 19.1. The summed E-state index contributed by atoms with van der Waals surface area (Å²) in [6.45, 7) is 4.33. The van der Waals surface area contributed by atoms with Crippen molar-refractivity contribution in [1.29, 1.82) is 0 Å². The maximum atomic E-state index is 13.2. The second kappa shape index (κ2) is 5.76. The van der Waals surface area contributed by atoms with E-state index in [1.54, 1.807) is 12.1 Å². The van der Waals surface area contributed by atoms with E-state index in [-0.39, 0.29) is 5.82 Å². The van der Waals surface area contributed by atoms with E-state index in [2.05, 4.69) is 36.1 Å². The third-order valence-corrected chi connectivity index (χ3v) is 4.20. The summed E-state index contributed by atoms with van der Waals surface area (Å²) >= 11 is 0. The number of halogens is 1. The van der Waals surface area contributed by atoms with Crippen molar-refractivity contribution in [1.82, 2.24) is 4.90 Å². The molecule has 1 aliphatic rings. The molecule has 2 aromatic rings. The van der Waals surface area contributed by atoms with Gasteiger partial charge in [0.1, 0.15) is 5.82 Å². The fourth-order valence-corrected chi connectivity index (χ4v) is 3.03. The van der Waals surface area contributed by atoms with Crippen LogP contribution in [0.25, 0.3) is 0 Å². The lowest BCUT2D eigenvalue weighted by Crippen LogP contribution is -2.38. The summed E-state index contributed by atoms with van der Waals surface area (Å²) in [6, 6.07) is 16.1. The number of rotatable bonds is 3. The summed E-state index contributed by atoms with van der Waals surface area (Å²) in [5.41, 5.74) is 3.99. The molecule has 0 N–H and O–H groups in total. The van der Waals surface area contributed by atoms with Gasteiger partial charge in [-0.05, 0) is 48.6 Å². The molecule has 0 fully saturated rings. The maximum absolute atomic E-state index is 13.2. The third kappa shape index (κ3) is 2.91. The largest absolute Gasteiger partial charge is 0.296 e. The van der Waals surface area contributed by atoms with Crippen molar-refractivity contribution in [3.8, 4) is 0 Å². The van der Waals surface area contributed by atoms with Crippen molar-refractivity contribution < 1.29 is 4.39 Å². The molecule has 0 radical (unpaired) electrons. The Bertz CT molecular complexity index is 593. The summed E-state index contributed by atoms with van der Waals surface area (Å²) in [5.74, 6) is -0.140. The van der Waals surface area contributed by atoms with E-state index in [4.69, 9.17) is 0 Å². The maximum Gasteiger partial charge on any atom is 0.123 e. The predicted molar refractivity (Wildman–Crippen MR) is 80.1 cm³/mol. The van der Waals surface area contributed by atoms with Crippen LogP contribution in [-0.2, 0) is 19.4 Å². The van der Waals surface area contributed by atoms with E-state index in [9.17, 15) is 4.39 Å². The first kappa shape index (κ1) is 13.3. The van der Waals surface area contributed by atoms with Gasteiger partial charge >= 0.3 is 0 Å². The van der Waals surface area contributed by atoms with Gasteiger partial charge in [0, 0.05) is 19.1 Å². The van der Waals surface area contributed by atoms with Gasteiger partial charge in [0.15, 0.2) is 0 Å². The average Bonchev–Trinajstić information content (AvgIpc) is 2.47. The summed E-state index contributed by atoms with van der Waals surface area (Å²) in [7, 11) is 0. The van der Waals surface area contributed by atoms with Crippen LogP contribution in [0.5, 0.6) is 0 Å². The van der Waals surface area contributed by atoms with Crippen molar-refractivity contribution in [2.75, 3.05) is 6.54 Å². The first-order valence-electron chi connectivity index (χ1n) is 7.27. The Kier molecular flexibility index (Phi) is 3.83. The molecule has 2 aromatic carbocycles. The molecular formula is C18H20FN. The first-order chi connectivity index (χ1) is 9.72. The summed E-state index contributed by atoms with van der Waals surface area (Å²) in [4.78, 5) is 2.49. The molecule has 0 aromatic heterocycles. The molecule has 2 heteroatoms. The molecule has 0 aliphatic carbocycles. The molecule has 0 saturated carbocycles. The van der Waals surface area contributed by atoms with Gasteiger partial charge in [-0.25, -0.2) is 4.39 Å². The third-order valence-electron chi connectivity index (χ3n) is 4.20. The summed E-state index contributed by atoms with van der Waals surface area (Å²) < 4.78 is 13.2. The molecule has 104 valence electrons. The molecule has 1 nitrogen and oxygen atoms in total. The van der Waals surface area contributed by atoms with Gasteiger partial charge in [0.05, 0.1) is 0 Å². The molecule has 1 unspecified atom stereocenters. The van der Waals surface area contributed by atoms with Crippen LogP contribution in [0.15, 0.2) is 48.5 Å². The van der Waals surface area contributed by atoms with Crippen molar-refractivity contribution in [2.45, 2.75) is 32.4 Å². The number of hydrogen-bond donors (Lipinski definition) is 0. The van der Waals surface area contributed by atoms with Gasteiger partial charge in [-0.3, -0.25) is 4.90 Å². The predicted octanol–water partition coefficient (Wildman–Crippen LogP) is 3.82. The van der Waals surface area contributed by atoms with Crippen molar-refractivity contribution in [2.24, 2.45) is 0 Å². The van der Waals surface area contributed by atoms with Crippen LogP contribution in [0, 0.1) is 5.82 Å². The van der Waals surface area contributed by atoms with Gasteiger partial charge < -0.3 is 0 Å². The number of benzene rings is 2. The van der Waals surface area contributed by atoms with Gasteiger partial charge in [-0.1, -0.05) is 36.4 Å². The smallest absolute Gasteiger partial charge is 0.123 e. The second-order valence-electron chi connectivity index (χ2n) is 5.67. The molecule has 1 atom stereocenters. The number of fused-ring (bicyclic) bond motifs is 1. The number of hydrogen-bond acceptors (Lipinski definition) is 1. The topological polar surface area (TPSA) is 3.24 Å². The van der Waals surface area contributed by atoms with Gasteiger partial charge in [0.25, 0.3) is 0 Å². The molecule has 0 bridgehead atoms. The van der Waals surface area contributed by atoms with Crippen LogP contribution in [0.4, 0.5) is 4.39 Å². The minimum absolute atomic E-state index is 0.140. The van der Waals surface area contributed by atoms with Crippen molar-refractivity contribution >= 4 is 0 Å². The fraction of sp³-hybridized carbons (Fsp3) is 0.333.